The fourth-order valence-electron chi connectivity index (χ4n) is 1.94. The van der Waals surface area contributed by atoms with Crippen LogP contribution in [0, 0.1) is 13.8 Å². The van der Waals surface area contributed by atoms with Crippen molar-refractivity contribution < 1.29 is 0 Å². The van der Waals surface area contributed by atoms with Crippen LogP contribution in [0.3, 0.4) is 0 Å². The molecular weight excluding hydrogens is 298 g/mol. The second-order valence-electron chi connectivity index (χ2n) is 4.08. The normalized spacial score (nSPS) is 11.2. The van der Waals surface area contributed by atoms with Crippen molar-refractivity contribution >= 4 is 32.2 Å². The number of halogens is 1. The van der Waals surface area contributed by atoms with Crippen LogP contribution in [-0.2, 0) is 0 Å². The molecule has 0 saturated heterocycles. The maximum Gasteiger partial charge on any atom is 0.213 e. The maximum absolute atomic E-state index is 4.58. The molecule has 2 heterocycles. The van der Waals surface area contributed by atoms with E-state index in [-0.39, 0.29) is 0 Å². The quantitative estimate of drug-likeness (QED) is 0.684. The van der Waals surface area contributed by atoms with E-state index in [2.05, 4.69) is 58.1 Å². The Morgan fingerprint density at radius 1 is 1.18 bits per heavy atom. The van der Waals surface area contributed by atoms with E-state index in [1.54, 1.807) is 0 Å². The van der Waals surface area contributed by atoms with Crippen LogP contribution in [0.5, 0.6) is 0 Å². The van der Waals surface area contributed by atoms with Crippen LogP contribution in [-0.4, -0.2) is 14.6 Å². The Morgan fingerprint density at radius 3 is 2.53 bits per heavy atom. The first kappa shape index (κ1) is 10.9. The number of aromatic nitrogens is 3. The van der Waals surface area contributed by atoms with Crippen LogP contribution in [0.1, 0.15) is 11.1 Å². The number of hydrogen-bond donors (Lipinski definition) is 0. The molecule has 0 aliphatic carbocycles. The number of rotatable bonds is 1. The third kappa shape index (κ3) is 2.00. The zero-order chi connectivity index (χ0) is 12.0. The van der Waals surface area contributed by atoms with E-state index < -0.39 is 0 Å². The number of fused-ring (bicyclic) bond motifs is 1. The zero-order valence-electron chi connectivity index (χ0n) is 9.44. The van der Waals surface area contributed by atoms with Crippen LogP contribution in [0.2, 0.25) is 0 Å². The van der Waals surface area contributed by atoms with Gasteiger partial charge in [-0.15, -0.1) is 5.10 Å². The van der Waals surface area contributed by atoms with Crippen molar-refractivity contribution in [3.63, 3.8) is 0 Å². The first-order valence-electron chi connectivity index (χ1n) is 5.22. The Balaban J connectivity index is 2.16. The van der Waals surface area contributed by atoms with Gasteiger partial charge < -0.3 is 0 Å². The smallest absolute Gasteiger partial charge is 0.213 e. The lowest BCUT2D eigenvalue weighted by atomic mass is 10.1. The average Bonchev–Trinajstić information content (AvgIpc) is 2.72. The van der Waals surface area contributed by atoms with E-state index in [4.69, 9.17) is 0 Å². The molecule has 0 bridgehead atoms. The zero-order valence-corrected chi connectivity index (χ0v) is 11.8. The van der Waals surface area contributed by atoms with Crippen LogP contribution in [0.4, 0.5) is 0 Å². The second-order valence-corrected chi connectivity index (χ2v) is 6.32. The molecule has 3 aromatic rings. The van der Waals surface area contributed by atoms with Crippen LogP contribution in [0.15, 0.2) is 28.3 Å². The van der Waals surface area contributed by atoms with Crippen LogP contribution < -0.4 is 0 Å². The van der Waals surface area contributed by atoms with Crippen LogP contribution in [0.25, 0.3) is 16.2 Å². The van der Waals surface area contributed by atoms with Crippen molar-refractivity contribution in [2.45, 2.75) is 13.8 Å². The number of benzene rings is 1. The Labute approximate surface area is 111 Å². The van der Waals surface area contributed by atoms with Gasteiger partial charge in [-0.3, -0.25) is 0 Å². The molecule has 86 valence electrons. The molecule has 0 amide bonds. The third-order valence-electron chi connectivity index (χ3n) is 2.54. The minimum atomic E-state index is 0.854. The van der Waals surface area contributed by atoms with Gasteiger partial charge in [-0.05, 0) is 41.9 Å². The third-order valence-corrected chi connectivity index (χ3v) is 3.89. The summed E-state index contributed by atoms with van der Waals surface area (Å²) in [5.41, 5.74) is 4.63. The molecule has 0 aliphatic rings. The van der Waals surface area contributed by atoms with E-state index in [0.29, 0.717) is 0 Å². The summed E-state index contributed by atoms with van der Waals surface area (Å²) < 4.78 is 2.66. The summed E-state index contributed by atoms with van der Waals surface area (Å²) in [6.45, 7) is 4.20. The molecule has 0 saturated carbocycles. The monoisotopic (exact) mass is 307 g/mol. The molecule has 3 rings (SSSR count). The van der Waals surface area contributed by atoms with Crippen molar-refractivity contribution in [1.82, 2.24) is 14.6 Å². The molecule has 0 unspecified atom stereocenters. The number of nitrogens with zero attached hydrogens (tertiary/aromatic N) is 3. The van der Waals surface area contributed by atoms with Crippen molar-refractivity contribution in [2.75, 3.05) is 0 Å². The highest BCUT2D eigenvalue weighted by atomic mass is 79.9. The average molecular weight is 308 g/mol. The van der Waals surface area contributed by atoms with Gasteiger partial charge in [-0.1, -0.05) is 28.5 Å². The van der Waals surface area contributed by atoms with Crippen molar-refractivity contribution in [3.05, 3.63) is 39.4 Å². The molecule has 2 aromatic heterocycles. The molecule has 1 aromatic carbocycles. The van der Waals surface area contributed by atoms with Gasteiger partial charge >= 0.3 is 0 Å². The fourth-order valence-corrected chi connectivity index (χ4v) is 3.15. The Morgan fingerprint density at radius 2 is 1.88 bits per heavy atom. The highest BCUT2D eigenvalue weighted by Gasteiger charge is 2.08. The lowest BCUT2D eigenvalue weighted by Crippen LogP contribution is -1.83. The molecule has 0 atom stereocenters. The van der Waals surface area contributed by atoms with Crippen molar-refractivity contribution in [3.8, 4) is 11.3 Å². The summed E-state index contributed by atoms with van der Waals surface area (Å²) in [7, 11) is 0. The Kier molecular flexibility index (Phi) is 2.52. The van der Waals surface area contributed by atoms with Gasteiger partial charge in [0.05, 0.1) is 11.9 Å². The Hall–Kier alpha value is -1.20. The van der Waals surface area contributed by atoms with Gasteiger partial charge in [0.1, 0.15) is 0 Å². The van der Waals surface area contributed by atoms with Crippen molar-refractivity contribution in [1.29, 1.82) is 0 Å². The van der Waals surface area contributed by atoms with Gasteiger partial charge in [0.2, 0.25) is 4.96 Å². The predicted molar refractivity (Wildman–Crippen MR) is 73.5 cm³/mol. The highest BCUT2D eigenvalue weighted by molar-refractivity contribution is 9.11. The molecule has 0 fully saturated rings. The summed E-state index contributed by atoms with van der Waals surface area (Å²) in [4.78, 5) is 5.48. The standard InChI is InChI=1S/C12H10BrN3S/c1-7-3-8(2)5-9(4-7)10-6-16-12(14-10)17-11(13)15-16/h3-6H,1-2H3. The summed E-state index contributed by atoms with van der Waals surface area (Å²) in [6.07, 6.45) is 1.96. The summed E-state index contributed by atoms with van der Waals surface area (Å²) in [5.74, 6) is 0. The highest BCUT2D eigenvalue weighted by Crippen LogP contribution is 2.25. The molecule has 5 heteroatoms. The number of imidazole rings is 1. The molecule has 17 heavy (non-hydrogen) atoms. The first-order chi connectivity index (χ1) is 8.11. The van der Waals surface area contributed by atoms with Crippen LogP contribution >= 0.6 is 27.3 Å². The summed E-state index contributed by atoms with van der Waals surface area (Å²) in [5, 5.41) is 4.29. The van der Waals surface area contributed by atoms with E-state index in [1.165, 1.54) is 22.5 Å². The van der Waals surface area contributed by atoms with E-state index >= 15 is 0 Å². The maximum atomic E-state index is 4.58. The largest absolute Gasteiger partial charge is 0.217 e. The SMILES string of the molecule is Cc1cc(C)cc(-c2cn3nc(Br)sc3n2)c1. The number of hydrogen-bond acceptors (Lipinski definition) is 3. The lowest BCUT2D eigenvalue weighted by Gasteiger charge is -2.01. The predicted octanol–water partition coefficient (Wildman–Crippen LogP) is 3.84. The van der Waals surface area contributed by atoms with E-state index in [1.807, 2.05) is 10.7 Å². The fraction of sp³-hybridized carbons (Fsp3) is 0.167. The molecule has 0 aliphatic heterocycles. The van der Waals surface area contributed by atoms with Gasteiger partial charge in [-0.25, -0.2) is 9.50 Å². The van der Waals surface area contributed by atoms with E-state index in [0.717, 1.165) is 20.1 Å². The summed E-state index contributed by atoms with van der Waals surface area (Å²) >= 11 is 4.89. The molecular formula is C12H10BrN3S. The number of aryl methyl sites for hydroxylation is 2. The first-order valence-corrected chi connectivity index (χ1v) is 6.83. The summed E-state index contributed by atoms with van der Waals surface area (Å²) in [6, 6.07) is 6.46. The molecule has 0 spiro atoms. The van der Waals surface area contributed by atoms with Gasteiger partial charge in [0.15, 0.2) is 3.92 Å². The minimum Gasteiger partial charge on any atom is -0.217 e. The molecule has 0 radical (unpaired) electrons. The Bertz CT molecular complexity index is 647. The van der Waals surface area contributed by atoms with Gasteiger partial charge in [0.25, 0.3) is 0 Å². The van der Waals surface area contributed by atoms with E-state index in [9.17, 15) is 0 Å². The molecule has 0 N–H and O–H groups in total. The second kappa shape index (κ2) is 3.92. The molecule has 3 nitrogen and oxygen atoms in total. The topological polar surface area (TPSA) is 30.2 Å². The van der Waals surface area contributed by atoms with Crippen molar-refractivity contribution in [2.24, 2.45) is 0 Å². The lowest BCUT2D eigenvalue weighted by molar-refractivity contribution is 0.959. The minimum absolute atomic E-state index is 0.854. The van der Waals surface area contributed by atoms with Gasteiger partial charge in [-0.2, -0.15) is 0 Å². The van der Waals surface area contributed by atoms with Gasteiger partial charge in [0, 0.05) is 5.56 Å².